The molecule has 0 bridgehead atoms. The van der Waals surface area contributed by atoms with Crippen LogP contribution in [0.15, 0.2) is 174 Å². The fraction of sp³-hybridized carbons (Fsp3) is 0.0426. The average molecular weight is 669 g/mol. The Bertz CT molecular complexity index is 2840. The Morgan fingerprint density at radius 3 is 1.79 bits per heavy atom. The van der Waals surface area contributed by atoms with Gasteiger partial charge >= 0.3 is 0 Å². The molecule has 0 saturated heterocycles. The molecule has 0 aliphatic carbocycles. The van der Waals surface area contributed by atoms with Gasteiger partial charge in [0.25, 0.3) is 0 Å². The van der Waals surface area contributed by atoms with Crippen molar-refractivity contribution in [1.29, 1.82) is 0 Å². The van der Waals surface area contributed by atoms with Gasteiger partial charge in [-0.1, -0.05) is 121 Å². The van der Waals surface area contributed by atoms with Crippen LogP contribution in [0.4, 0.5) is 0 Å². The normalized spacial score (nSPS) is 11.6. The van der Waals surface area contributed by atoms with E-state index in [-0.39, 0.29) is 0 Å². The number of hydrogen-bond donors (Lipinski definition) is 0. The largest absolute Gasteiger partial charge is 0.456 e. The molecular formula is C47H32N4O. The van der Waals surface area contributed by atoms with E-state index in [2.05, 4.69) is 108 Å². The zero-order chi connectivity index (χ0) is 34.4. The molecular weight excluding hydrogens is 637 g/mol. The molecule has 246 valence electrons. The first kappa shape index (κ1) is 30.0. The number of furan rings is 1. The first-order chi connectivity index (χ1) is 25.7. The molecule has 0 radical (unpaired) electrons. The number of nitrogens with zero attached hydrogens (tertiary/aromatic N) is 4. The van der Waals surface area contributed by atoms with Crippen molar-refractivity contribution < 1.29 is 4.42 Å². The fourth-order valence-corrected chi connectivity index (χ4v) is 7.53. The van der Waals surface area contributed by atoms with Gasteiger partial charge in [0.15, 0.2) is 11.6 Å². The van der Waals surface area contributed by atoms with Crippen LogP contribution in [-0.2, 0) is 12.8 Å². The summed E-state index contributed by atoms with van der Waals surface area (Å²) in [7, 11) is 0. The van der Waals surface area contributed by atoms with Crippen LogP contribution < -0.4 is 0 Å². The maximum absolute atomic E-state index is 6.42. The van der Waals surface area contributed by atoms with Crippen molar-refractivity contribution in [3.05, 3.63) is 192 Å². The van der Waals surface area contributed by atoms with Gasteiger partial charge in [0.05, 0.1) is 11.0 Å². The second-order valence-electron chi connectivity index (χ2n) is 13.2. The van der Waals surface area contributed by atoms with Crippen molar-refractivity contribution >= 4 is 43.7 Å². The molecule has 10 aromatic rings. The lowest BCUT2D eigenvalue weighted by molar-refractivity contribution is 0.668. The highest BCUT2D eigenvalue weighted by molar-refractivity contribution is 6.10. The van der Waals surface area contributed by atoms with Gasteiger partial charge in [-0.25, -0.2) is 15.0 Å². The monoisotopic (exact) mass is 668 g/mol. The molecule has 0 aliphatic heterocycles. The fourth-order valence-electron chi connectivity index (χ4n) is 7.53. The molecule has 0 atom stereocenters. The number of hydrogen-bond acceptors (Lipinski definition) is 4. The molecule has 0 spiro atoms. The van der Waals surface area contributed by atoms with E-state index in [0.717, 1.165) is 45.0 Å². The number of benzene rings is 7. The summed E-state index contributed by atoms with van der Waals surface area (Å²) in [6.45, 7) is 0. The first-order valence-electron chi connectivity index (χ1n) is 17.6. The van der Waals surface area contributed by atoms with Crippen LogP contribution in [0.1, 0.15) is 22.5 Å². The molecule has 3 heterocycles. The number of aromatic nitrogens is 4. The maximum Gasteiger partial charge on any atom is 0.163 e. The van der Waals surface area contributed by atoms with E-state index in [9.17, 15) is 0 Å². The van der Waals surface area contributed by atoms with Gasteiger partial charge in [0.2, 0.25) is 0 Å². The lowest BCUT2D eigenvalue weighted by atomic mass is 9.99. The summed E-state index contributed by atoms with van der Waals surface area (Å²) in [5.74, 6) is 2.05. The van der Waals surface area contributed by atoms with Crippen LogP contribution >= 0.6 is 0 Å². The standard InChI is InChI=1S/C47H32N4O/c1-4-13-33(14-5-1)46-48-44(49-47(50-46)34-15-6-2-7-16-34)30-35-17-12-22-43-45(35)39-29-32(24-26-42(39)52-43)27-31-23-25-41-38(28-31)37-20-10-11-21-40(37)51(41)36-18-8-3-9-19-36/h1-26,28-29H,27,30H2. The number of rotatable bonds is 7. The summed E-state index contributed by atoms with van der Waals surface area (Å²) >= 11 is 0. The van der Waals surface area contributed by atoms with Crippen LogP contribution in [0, 0.1) is 0 Å². The Morgan fingerprint density at radius 1 is 0.442 bits per heavy atom. The minimum Gasteiger partial charge on any atom is -0.456 e. The van der Waals surface area contributed by atoms with Gasteiger partial charge in [-0.05, 0) is 71.6 Å². The van der Waals surface area contributed by atoms with Gasteiger partial charge in [-0.2, -0.15) is 0 Å². The maximum atomic E-state index is 6.42. The van der Waals surface area contributed by atoms with Crippen LogP contribution in [0.25, 0.3) is 72.2 Å². The van der Waals surface area contributed by atoms with E-state index in [1.807, 2.05) is 66.7 Å². The molecule has 10 rings (SSSR count). The van der Waals surface area contributed by atoms with Crippen molar-refractivity contribution in [2.24, 2.45) is 0 Å². The second kappa shape index (κ2) is 12.5. The number of para-hydroxylation sites is 2. The van der Waals surface area contributed by atoms with Gasteiger partial charge in [-0.15, -0.1) is 0 Å². The summed E-state index contributed by atoms with van der Waals surface area (Å²) in [6.07, 6.45) is 1.35. The van der Waals surface area contributed by atoms with Crippen molar-refractivity contribution in [3.63, 3.8) is 0 Å². The smallest absolute Gasteiger partial charge is 0.163 e. The predicted octanol–water partition coefficient (Wildman–Crippen LogP) is 11.4. The third-order valence-electron chi connectivity index (χ3n) is 9.90. The molecule has 0 amide bonds. The summed E-state index contributed by atoms with van der Waals surface area (Å²) in [6, 6.07) is 59.2. The zero-order valence-electron chi connectivity index (χ0n) is 28.3. The van der Waals surface area contributed by atoms with E-state index in [1.165, 1.54) is 38.6 Å². The van der Waals surface area contributed by atoms with Crippen LogP contribution in [0.3, 0.4) is 0 Å². The van der Waals surface area contributed by atoms with E-state index in [4.69, 9.17) is 19.4 Å². The molecule has 7 aromatic carbocycles. The lowest BCUT2D eigenvalue weighted by Gasteiger charge is -2.09. The summed E-state index contributed by atoms with van der Waals surface area (Å²) in [5.41, 5.74) is 10.9. The van der Waals surface area contributed by atoms with Gasteiger partial charge in [0.1, 0.15) is 17.0 Å². The summed E-state index contributed by atoms with van der Waals surface area (Å²) in [5, 5.41) is 4.72. The Hall–Kier alpha value is -6.85. The van der Waals surface area contributed by atoms with Crippen molar-refractivity contribution in [2.45, 2.75) is 12.8 Å². The first-order valence-corrected chi connectivity index (χ1v) is 17.6. The SMILES string of the molecule is c1ccc(-c2nc(Cc3cccc4oc5ccc(Cc6ccc7c(c6)c6ccccc6n7-c6ccccc6)cc5c34)nc(-c3ccccc3)n2)cc1. The second-order valence-corrected chi connectivity index (χ2v) is 13.2. The molecule has 0 N–H and O–H groups in total. The topological polar surface area (TPSA) is 56.7 Å². The third kappa shape index (κ3) is 5.31. The molecule has 0 fully saturated rings. The van der Waals surface area contributed by atoms with E-state index < -0.39 is 0 Å². The minimum absolute atomic E-state index is 0.542. The predicted molar refractivity (Wildman–Crippen MR) is 211 cm³/mol. The Morgan fingerprint density at radius 2 is 1.06 bits per heavy atom. The average Bonchev–Trinajstić information content (AvgIpc) is 3.74. The Kier molecular flexibility index (Phi) is 7.21. The molecule has 5 nitrogen and oxygen atoms in total. The lowest BCUT2D eigenvalue weighted by Crippen LogP contribution is -2.04. The summed E-state index contributed by atoms with van der Waals surface area (Å²) in [4.78, 5) is 14.8. The molecule has 52 heavy (non-hydrogen) atoms. The molecule has 0 unspecified atom stereocenters. The quantitative estimate of drug-likeness (QED) is 0.170. The van der Waals surface area contributed by atoms with Crippen LogP contribution in [-0.4, -0.2) is 19.5 Å². The Labute approximate surface area is 300 Å². The molecule has 0 aliphatic rings. The van der Waals surface area contributed by atoms with Gasteiger partial charge < -0.3 is 8.98 Å². The van der Waals surface area contributed by atoms with Crippen LogP contribution in [0.2, 0.25) is 0 Å². The van der Waals surface area contributed by atoms with Gasteiger partial charge in [-0.3, -0.25) is 0 Å². The minimum atomic E-state index is 0.542. The molecule has 5 heteroatoms. The molecule has 3 aromatic heterocycles. The van der Waals surface area contributed by atoms with E-state index >= 15 is 0 Å². The highest BCUT2D eigenvalue weighted by Gasteiger charge is 2.17. The van der Waals surface area contributed by atoms with E-state index in [1.54, 1.807) is 0 Å². The van der Waals surface area contributed by atoms with Crippen molar-refractivity contribution in [2.75, 3.05) is 0 Å². The molecule has 0 saturated carbocycles. The third-order valence-corrected chi connectivity index (χ3v) is 9.90. The van der Waals surface area contributed by atoms with Gasteiger partial charge in [0, 0.05) is 44.8 Å². The summed E-state index contributed by atoms with van der Waals surface area (Å²) < 4.78 is 8.78. The Balaban J connectivity index is 1.04. The van der Waals surface area contributed by atoms with Crippen LogP contribution in [0.5, 0.6) is 0 Å². The number of fused-ring (bicyclic) bond motifs is 6. The highest BCUT2D eigenvalue weighted by atomic mass is 16.3. The zero-order valence-corrected chi connectivity index (χ0v) is 28.3. The van der Waals surface area contributed by atoms with Crippen molar-refractivity contribution in [3.8, 4) is 28.5 Å². The van der Waals surface area contributed by atoms with Crippen molar-refractivity contribution in [1.82, 2.24) is 19.5 Å². The van der Waals surface area contributed by atoms with E-state index in [0.29, 0.717) is 23.9 Å². The highest BCUT2D eigenvalue weighted by Crippen LogP contribution is 2.36.